The minimum absolute atomic E-state index is 0.0822. The second-order valence-corrected chi connectivity index (χ2v) is 9.04. The van der Waals surface area contributed by atoms with Gasteiger partial charge in [-0.05, 0) is 42.7 Å². The number of hydrogen-bond donors (Lipinski definition) is 1. The molecule has 7 heteroatoms. The largest absolute Gasteiger partial charge is 0.311 e. The molecule has 0 saturated heterocycles. The predicted octanol–water partition coefficient (Wildman–Crippen LogP) is 3.82. The van der Waals surface area contributed by atoms with Crippen LogP contribution in [0.5, 0.6) is 0 Å². The van der Waals surface area contributed by atoms with Crippen molar-refractivity contribution in [3.05, 3.63) is 47.5 Å². The number of amides is 1. The quantitative estimate of drug-likeness (QED) is 0.862. The highest BCUT2D eigenvalue weighted by Crippen LogP contribution is 2.37. The Labute approximate surface area is 158 Å². The van der Waals surface area contributed by atoms with Crippen LogP contribution in [0.25, 0.3) is 0 Å². The maximum atomic E-state index is 13.0. The van der Waals surface area contributed by atoms with Crippen molar-refractivity contribution in [3.8, 4) is 0 Å². The highest BCUT2D eigenvalue weighted by atomic mass is 32.2. The zero-order chi connectivity index (χ0) is 18.9. The molecule has 0 radical (unpaired) electrons. The summed E-state index contributed by atoms with van der Waals surface area (Å²) in [5.41, 5.74) is 3.13. The topological polar surface area (TPSA) is 66.5 Å². The second-order valence-electron chi connectivity index (χ2n) is 6.22. The van der Waals surface area contributed by atoms with Crippen molar-refractivity contribution in [3.63, 3.8) is 0 Å². The van der Waals surface area contributed by atoms with Crippen LogP contribution >= 0.6 is 11.8 Å². The van der Waals surface area contributed by atoms with E-state index >= 15 is 0 Å². The van der Waals surface area contributed by atoms with E-state index in [9.17, 15) is 13.2 Å². The third-order valence-corrected chi connectivity index (χ3v) is 6.85. The summed E-state index contributed by atoms with van der Waals surface area (Å²) in [4.78, 5) is 14.6. The Balaban J connectivity index is 2.01. The Morgan fingerprint density at radius 3 is 2.73 bits per heavy atom. The number of hydrogen-bond acceptors (Lipinski definition) is 4. The summed E-state index contributed by atoms with van der Waals surface area (Å²) in [5.74, 6) is 0.723. The van der Waals surface area contributed by atoms with E-state index in [1.165, 1.54) is 6.92 Å². The highest BCUT2D eigenvalue weighted by molar-refractivity contribution is 7.99. The fraction of sp³-hybridized carbons (Fsp3) is 0.316. The molecule has 1 aliphatic rings. The van der Waals surface area contributed by atoms with Crippen molar-refractivity contribution in [2.75, 3.05) is 21.9 Å². The fourth-order valence-electron chi connectivity index (χ4n) is 3.05. The molecule has 0 bridgehead atoms. The van der Waals surface area contributed by atoms with E-state index in [1.54, 1.807) is 34.9 Å². The summed E-state index contributed by atoms with van der Waals surface area (Å²) in [6, 6.07) is 10.7. The van der Waals surface area contributed by atoms with Crippen LogP contribution < -0.4 is 9.62 Å². The minimum Gasteiger partial charge on any atom is -0.311 e. The molecule has 1 heterocycles. The van der Waals surface area contributed by atoms with Gasteiger partial charge in [0.05, 0.1) is 16.3 Å². The third kappa shape index (κ3) is 3.59. The molecule has 1 amide bonds. The van der Waals surface area contributed by atoms with Crippen LogP contribution in [0.4, 0.5) is 11.4 Å². The molecule has 1 N–H and O–H groups in total. The standard InChI is InChI=1S/C19H22N2O3S2/c1-4-15-7-5-6-13(2)19(15)20-26(23,24)16-8-9-18-17(12-16)21(14(3)22)10-11-25-18/h5-9,12,20H,4,10-11H2,1-3H3. The van der Waals surface area contributed by atoms with E-state index in [2.05, 4.69) is 4.72 Å². The third-order valence-electron chi connectivity index (χ3n) is 4.46. The van der Waals surface area contributed by atoms with Crippen molar-refractivity contribution in [2.45, 2.75) is 37.0 Å². The number of fused-ring (bicyclic) bond motifs is 1. The molecular formula is C19H22N2O3S2. The van der Waals surface area contributed by atoms with E-state index in [-0.39, 0.29) is 10.8 Å². The second kappa shape index (κ2) is 7.32. The maximum Gasteiger partial charge on any atom is 0.261 e. The van der Waals surface area contributed by atoms with Crippen LogP contribution in [0.2, 0.25) is 0 Å². The Hall–Kier alpha value is -1.99. The summed E-state index contributed by atoms with van der Waals surface area (Å²) >= 11 is 1.63. The van der Waals surface area contributed by atoms with Crippen LogP contribution in [0, 0.1) is 6.92 Å². The molecule has 5 nitrogen and oxygen atoms in total. The molecule has 26 heavy (non-hydrogen) atoms. The minimum atomic E-state index is -3.75. The van der Waals surface area contributed by atoms with Gasteiger partial charge in [0.2, 0.25) is 5.91 Å². The molecule has 0 fully saturated rings. The van der Waals surface area contributed by atoms with Crippen molar-refractivity contribution in [1.29, 1.82) is 0 Å². The van der Waals surface area contributed by atoms with Crippen molar-refractivity contribution in [1.82, 2.24) is 0 Å². The molecule has 138 valence electrons. The Morgan fingerprint density at radius 1 is 1.27 bits per heavy atom. The molecule has 1 aliphatic heterocycles. The average molecular weight is 391 g/mol. The molecule has 0 aromatic heterocycles. The van der Waals surface area contributed by atoms with Gasteiger partial charge in [-0.2, -0.15) is 0 Å². The maximum absolute atomic E-state index is 13.0. The zero-order valence-corrected chi connectivity index (χ0v) is 16.7. The van der Waals surface area contributed by atoms with Gasteiger partial charge in [-0.15, -0.1) is 11.8 Å². The van der Waals surface area contributed by atoms with Gasteiger partial charge in [0.1, 0.15) is 0 Å². The molecular weight excluding hydrogens is 368 g/mol. The van der Waals surface area contributed by atoms with E-state index in [0.717, 1.165) is 28.2 Å². The van der Waals surface area contributed by atoms with Gasteiger partial charge in [-0.3, -0.25) is 9.52 Å². The summed E-state index contributed by atoms with van der Waals surface area (Å²) in [6.07, 6.45) is 0.735. The molecule has 2 aromatic rings. The predicted molar refractivity (Wildman–Crippen MR) is 107 cm³/mol. The number of para-hydroxylation sites is 1. The number of benzene rings is 2. The monoisotopic (exact) mass is 390 g/mol. The first-order valence-electron chi connectivity index (χ1n) is 8.49. The number of aryl methyl sites for hydroxylation is 2. The molecule has 0 aliphatic carbocycles. The van der Waals surface area contributed by atoms with E-state index in [1.807, 2.05) is 32.0 Å². The van der Waals surface area contributed by atoms with Crippen LogP contribution in [0.1, 0.15) is 25.0 Å². The van der Waals surface area contributed by atoms with Crippen LogP contribution in [0.15, 0.2) is 46.2 Å². The van der Waals surface area contributed by atoms with E-state index in [4.69, 9.17) is 0 Å². The first kappa shape index (κ1) is 18.8. The van der Waals surface area contributed by atoms with E-state index in [0.29, 0.717) is 17.9 Å². The van der Waals surface area contributed by atoms with Crippen LogP contribution in [0.3, 0.4) is 0 Å². The van der Waals surface area contributed by atoms with Gasteiger partial charge < -0.3 is 4.90 Å². The lowest BCUT2D eigenvalue weighted by Gasteiger charge is -2.28. The molecule has 0 unspecified atom stereocenters. The highest BCUT2D eigenvalue weighted by Gasteiger charge is 2.24. The first-order valence-corrected chi connectivity index (χ1v) is 11.0. The summed E-state index contributed by atoms with van der Waals surface area (Å²) < 4.78 is 28.7. The number of nitrogens with one attached hydrogen (secondary N) is 1. The number of anilines is 2. The summed E-state index contributed by atoms with van der Waals surface area (Å²) in [5, 5.41) is 0. The lowest BCUT2D eigenvalue weighted by Crippen LogP contribution is -2.33. The number of carbonyl (C=O) groups is 1. The first-order chi connectivity index (χ1) is 12.3. The fourth-order valence-corrected chi connectivity index (χ4v) is 5.22. The lowest BCUT2D eigenvalue weighted by molar-refractivity contribution is -0.116. The van der Waals surface area contributed by atoms with Crippen molar-refractivity contribution >= 4 is 39.1 Å². The molecule has 0 atom stereocenters. The Kier molecular flexibility index (Phi) is 5.29. The number of thioether (sulfide) groups is 1. The average Bonchev–Trinajstić information content (AvgIpc) is 2.62. The number of nitrogens with zero attached hydrogens (tertiary/aromatic N) is 1. The summed E-state index contributed by atoms with van der Waals surface area (Å²) in [6.45, 7) is 5.97. The smallest absolute Gasteiger partial charge is 0.261 e. The zero-order valence-electron chi connectivity index (χ0n) is 15.1. The van der Waals surface area contributed by atoms with Gasteiger partial charge in [0, 0.05) is 24.1 Å². The molecule has 2 aromatic carbocycles. The van der Waals surface area contributed by atoms with Crippen LogP contribution in [-0.2, 0) is 21.2 Å². The van der Waals surface area contributed by atoms with Gasteiger partial charge in [0.15, 0.2) is 0 Å². The van der Waals surface area contributed by atoms with Crippen molar-refractivity contribution in [2.24, 2.45) is 0 Å². The summed E-state index contributed by atoms with van der Waals surface area (Å²) in [7, 11) is -3.75. The number of rotatable bonds is 4. The van der Waals surface area contributed by atoms with Gasteiger partial charge in [-0.1, -0.05) is 25.1 Å². The van der Waals surface area contributed by atoms with E-state index < -0.39 is 10.0 Å². The Bertz CT molecular complexity index is 955. The SMILES string of the molecule is CCc1cccc(C)c1NS(=O)(=O)c1ccc2c(c1)N(C(C)=O)CCS2. The van der Waals surface area contributed by atoms with Crippen LogP contribution in [-0.4, -0.2) is 26.6 Å². The number of carbonyl (C=O) groups excluding carboxylic acids is 1. The lowest BCUT2D eigenvalue weighted by atomic mass is 10.1. The number of sulfonamides is 1. The van der Waals surface area contributed by atoms with Gasteiger partial charge in [-0.25, -0.2) is 8.42 Å². The van der Waals surface area contributed by atoms with Gasteiger partial charge in [0.25, 0.3) is 10.0 Å². The Morgan fingerprint density at radius 2 is 2.04 bits per heavy atom. The molecule has 0 saturated carbocycles. The normalized spacial score (nSPS) is 14.0. The van der Waals surface area contributed by atoms with Gasteiger partial charge >= 0.3 is 0 Å². The molecule has 3 rings (SSSR count). The molecule has 0 spiro atoms. The van der Waals surface area contributed by atoms with Crippen molar-refractivity contribution < 1.29 is 13.2 Å².